The first kappa shape index (κ1) is 22.9. The number of nitrogens with zero attached hydrogens (tertiary/aromatic N) is 5. The van der Waals surface area contributed by atoms with Gasteiger partial charge in [-0.3, -0.25) is 4.98 Å². The number of nitrogens with two attached hydrogens (primary N) is 1. The third-order valence-electron chi connectivity index (χ3n) is 7.76. The molecule has 4 aromatic rings. The highest BCUT2D eigenvalue weighted by atomic mass is 19.4. The zero-order valence-electron chi connectivity index (χ0n) is 19.6. The zero-order valence-corrected chi connectivity index (χ0v) is 19.6. The van der Waals surface area contributed by atoms with Crippen LogP contribution in [0, 0.1) is 18.2 Å². The average Bonchev–Trinajstić information content (AvgIpc) is 3.43. The van der Waals surface area contributed by atoms with Gasteiger partial charge in [0.2, 0.25) is 0 Å². The summed E-state index contributed by atoms with van der Waals surface area (Å²) in [6.45, 7) is 3.10. The summed E-state index contributed by atoms with van der Waals surface area (Å²) >= 11 is 0. The van der Waals surface area contributed by atoms with Gasteiger partial charge >= 0.3 is 6.18 Å². The van der Waals surface area contributed by atoms with Crippen LogP contribution in [0.25, 0.3) is 16.8 Å². The van der Waals surface area contributed by atoms with Gasteiger partial charge in [-0.05, 0) is 61.4 Å². The minimum absolute atomic E-state index is 0.0557. The van der Waals surface area contributed by atoms with Crippen molar-refractivity contribution in [2.75, 3.05) is 18.0 Å². The van der Waals surface area contributed by atoms with Gasteiger partial charge in [-0.2, -0.15) is 18.3 Å². The van der Waals surface area contributed by atoms with E-state index in [4.69, 9.17) is 10.7 Å². The van der Waals surface area contributed by atoms with Crippen molar-refractivity contribution >= 4 is 11.3 Å². The fraction of sp³-hybridized carbons (Fsp3) is 0.346. The molecule has 0 unspecified atom stereocenters. The number of aromatic nitrogens is 4. The van der Waals surface area contributed by atoms with Crippen molar-refractivity contribution in [3.8, 4) is 11.3 Å². The minimum Gasteiger partial charge on any atom is -0.355 e. The van der Waals surface area contributed by atoms with E-state index in [1.54, 1.807) is 25.4 Å². The lowest BCUT2D eigenvalue weighted by Crippen LogP contribution is -2.44. The van der Waals surface area contributed by atoms with Gasteiger partial charge in [0.25, 0.3) is 0 Å². The molecular formula is C26H24F4N6. The topological polar surface area (TPSA) is 72.3 Å². The monoisotopic (exact) mass is 496 g/mol. The Morgan fingerprint density at radius 2 is 1.83 bits per heavy atom. The fourth-order valence-corrected chi connectivity index (χ4v) is 5.85. The molecule has 1 spiro atoms. The molecule has 3 aromatic heterocycles. The molecule has 6 nitrogen and oxygen atoms in total. The lowest BCUT2D eigenvalue weighted by atomic mass is 9.73. The largest absolute Gasteiger partial charge is 0.419 e. The first-order chi connectivity index (χ1) is 17.2. The molecule has 36 heavy (non-hydrogen) atoms. The molecule has 1 aliphatic carbocycles. The predicted octanol–water partition coefficient (Wildman–Crippen LogP) is 5.10. The third-order valence-corrected chi connectivity index (χ3v) is 7.76. The molecular weight excluding hydrogens is 472 g/mol. The molecule has 186 valence electrons. The Labute approximate surface area is 204 Å². The molecule has 1 fully saturated rings. The van der Waals surface area contributed by atoms with Crippen LogP contribution >= 0.6 is 0 Å². The first-order valence-electron chi connectivity index (χ1n) is 11.8. The summed E-state index contributed by atoms with van der Waals surface area (Å²) in [6, 6.07) is 8.92. The fourth-order valence-electron chi connectivity index (χ4n) is 5.85. The van der Waals surface area contributed by atoms with E-state index in [1.807, 2.05) is 6.07 Å². The standard InChI is InChI=1S/C26H24F4N6/c1-15-22(17-4-2-6-18(21(17)27)26(28,29)30)36-20(7-11-33-36)24(34-15)35-12-8-25(9-13-35)14-19-16(23(25)31)5-3-10-32-19/h2-7,10-11,23H,8-9,12-14,31H2,1H3/t23-/m1/s1. The van der Waals surface area contributed by atoms with Gasteiger partial charge in [-0.25, -0.2) is 13.9 Å². The Balaban J connectivity index is 1.35. The number of hydrogen-bond donors (Lipinski definition) is 1. The zero-order chi connectivity index (χ0) is 25.2. The van der Waals surface area contributed by atoms with Gasteiger partial charge in [-0.15, -0.1) is 0 Å². The first-order valence-corrected chi connectivity index (χ1v) is 11.8. The maximum absolute atomic E-state index is 15.0. The van der Waals surface area contributed by atoms with Crippen LogP contribution in [0.1, 0.15) is 41.4 Å². The molecule has 0 bridgehead atoms. The number of piperidine rings is 1. The summed E-state index contributed by atoms with van der Waals surface area (Å²) in [5, 5.41) is 4.33. The van der Waals surface area contributed by atoms with Crippen LogP contribution in [0.5, 0.6) is 0 Å². The van der Waals surface area contributed by atoms with Crippen LogP contribution in [-0.4, -0.2) is 32.7 Å². The lowest BCUT2D eigenvalue weighted by Gasteiger charge is -2.42. The number of halogens is 4. The van der Waals surface area contributed by atoms with Crippen molar-refractivity contribution < 1.29 is 17.6 Å². The van der Waals surface area contributed by atoms with Gasteiger partial charge in [0.1, 0.15) is 11.3 Å². The van der Waals surface area contributed by atoms with Gasteiger partial charge in [0, 0.05) is 36.6 Å². The second-order valence-corrected chi connectivity index (χ2v) is 9.71. The third kappa shape index (κ3) is 3.38. The van der Waals surface area contributed by atoms with Crippen molar-refractivity contribution in [1.29, 1.82) is 0 Å². The molecule has 2 N–H and O–H groups in total. The van der Waals surface area contributed by atoms with Crippen LogP contribution in [0.2, 0.25) is 0 Å². The Kier molecular flexibility index (Phi) is 5.08. The summed E-state index contributed by atoms with van der Waals surface area (Å²) in [4.78, 5) is 11.4. The highest BCUT2D eigenvalue weighted by Gasteiger charge is 2.47. The molecule has 0 radical (unpaired) electrons. The second kappa shape index (κ2) is 7.99. The molecule has 0 saturated carbocycles. The van der Waals surface area contributed by atoms with Crippen molar-refractivity contribution in [2.45, 2.75) is 38.4 Å². The van der Waals surface area contributed by atoms with E-state index in [0.717, 1.165) is 36.6 Å². The lowest BCUT2D eigenvalue weighted by molar-refractivity contribution is -0.139. The van der Waals surface area contributed by atoms with Crippen LogP contribution in [0.3, 0.4) is 0 Å². The van der Waals surface area contributed by atoms with Crippen LogP contribution in [0.15, 0.2) is 48.8 Å². The van der Waals surface area contributed by atoms with Crippen molar-refractivity contribution in [2.24, 2.45) is 11.1 Å². The minimum atomic E-state index is -4.80. The number of benzene rings is 1. The number of rotatable bonds is 2. The van der Waals surface area contributed by atoms with E-state index in [1.165, 1.54) is 16.6 Å². The molecule has 0 amide bonds. The summed E-state index contributed by atoms with van der Waals surface area (Å²) < 4.78 is 56.6. The smallest absolute Gasteiger partial charge is 0.355 e. The van der Waals surface area contributed by atoms with Gasteiger partial charge in [-0.1, -0.05) is 12.1 Å². The maximum atomic E-state index is 15.0. The van der Waals surface area contributed by atoms with Gasteiger partial charge < -0.3 is 10.6 Å². The van der Waals surface area contributed by atoms with Crippen molar-refractivity contribution in [3.05, 3.63) is 77.1 Å². The van der Waals surface area contributed by atoms with Crippen LogP contribution in [0.4, 0.5) is 23.4 Å². The van der Waals surface area contributed by atoms with Gasteiger partial charge in [0.15, 0.2) is 5.82 Å². The highest BCUT2D eigenvalue weighted by Crippen LogP contribution is 2.50. The summed E-state index contributed by atoms with van der Waals surface area (Å²) in [6.07, 6.45) is 1.11. The number of pyridine rings is 1. The molecule has 4 heterocycles. The molecule has 2 aliphatic rings. The summed E-state index contributed by atoms with van der Waals surface area (Å²) in [5.74, 6) is -0.652. The molecule has 6 rings (SSSR count). The number of fused-ring (bicyclic) bond motifs is 2. The Morgan fingerprint density at radius 3 is 2.56 bits per heavy atom. The predicted molar refractivity (Wildman–Crippen MR) is 127 cm³/mol. The number of aryl methyl sites for hydroxylation is 1. The highest BCUT2D eigenvalue weighted by molar-refractivity contribution is 5.76. The number of hydrogen-bond acceptors (Lipinski definition) is 5. The quantitative estimate of drug-likeness (QED) is 0.391. The molecule has 10 heteroatoms. The molecule has 1 aromatic carbocycles. The SMILES string of the molecule is Cc1nc(N2CCC3(CC2)Cc2ncccc2[C@H]3N)c2ccnn2c1-c1cccc(C(F)(F)F)c1F. The number of anilines is 1. The van der Waals surface area contributed by atoms with E-state index in [2.05, 4.69) is 21.0 Å². The maximum Gasteiger partial charge on any atom is 0.419 e. The molecule has 1 aliphatic heterocycles. The van der Waals surface area contributed by atoms with Crippen LogP contribution in [-0.2, 0) is 12.6 Å². The van der Waals surface area contributed by atoms with E-state index >= 15 is 4.39 Å². The second-order valence-electron chi connectivity index (χ2n) is 9.71. The van der Waals surface area contributed by atoms with E-state index in [0.29, 0.717) is 30.1 Å². The number of alkyl halides is 3. The van der Waals surface area contributed by atoms with E-state index in [9.17, 15) is 13.2 Å². The summed E-state index contributed by atoms with van der Waals surface area (Å²) in [7, 11) is 0. The Bertz CT molecular complexity index is 1470. The average molecular weight is 497 g/mol. The Hall–Kier alpha value is -3.53. The molecule has 1 atom stereocenters. The Morgan fingerprint density at radius 1 is 1.06 bits per heavy atom. The normalized spacial score (nSPS) is 19.3. The van der Waals surface area contributed by atoms with Gasteiger partial charge in [0.05, 0.1) is 23.1 Å². The van der Waals surface area contributed by atoms with Crippen molar-refractivity contribution in [3.63, 3.8) is 0 Å². The van der Waals surface area contributed by atoms with Crippen LogP contribution < -0.4 is 10.6 Å². The van der Waals surface area contributed by atoms with Crippen molar-refractivity contribution in [1.82, 2.24) is 19.6 Å². The molecule has 1 saturated heterocycles. The van der Waals surface area contributed by atoms with E-state index < -0.39 is 17.6 Å². The van der Waals surface area contributed by atoms with E-state index in [-0.39, 0.29) is 22.7 Å². The summed E-state index contributed by atoms with van der Waals surface area (Å²) in [5.41, 5.74) is 8.52.